The fourth-order valence-electron chi connectivity index (χ4n) is 2.04. The second-order valence-corrected chi connectivity index (χ2v) is 4.28. The van der Waals surface area contributed by atoms with Crippen LogP contribution >= 0.6 is 0 Å². The second-order valence-electron chi connectivity index (χ2n) is 4.28. The maximum atomic E-state index is 9.28. The first-order chi connectivity index (χ1) is 8.10. The van der Waals surface area contributed by atoms with Crippen molar-refractivity contribution in [1.29, 1.82) is 5.26 Å². The molecule has 1 aromatic heterocycles. The molecule has 17 heavy (non-hydrogen) atoms. The fraction of sp³-hybridized carbons (Fsp3) is 0.308. The van der Waals surface area contributed by atoms with E-state index in [1.807, 2.05) is 19.9 Å². The van der Waals surface area contributed by atoms with Crippen LogP contribution in [0.2, 0.25) is 0 Å². The standard InChI is InChI=1S/C13H15N3O/c1-7(2)13-8(6-14)11-9(16-13)4-5-10(17-3)12(11)15/h4-5,7,16H,15H2,1-3H3. The van der Waals surface area contributed by atoms with Crippen LogP contribution < -0.4 is 10.5 Å². The Morgan fingerprint density at radius 3 is 2.65 bits per heavy atom. The van der Waals surface area contributed by atoms with Crippen molar-refractivity contribution in [2.24, 2.45) is 0 Å². The quantitative estimate of drug-likeness (QED) is 0.777. The first kappa shape index (κ1) is 11.3. The second kappa shape index (κ2) is 4.02. The van der Waals surface area contributed by atoms with Gasteiger partial charge in [-0.2, -0.15) is 5.26 Å². The molecule has 3 N–H and O–H groups in total. The van der Waals surface area contributed by atoms with Crippen LogP contribution in [0.15, 0.2) is 12.1 Å². The summed E-state index contributed by atoms with van der Waals surface area (Å²) >= 11 is 0. The van der Waals surface area contributed by atoms with Crippen LogP contribution in [-0.2, 0) is 0 Å². The summed E-state index contributed by atoms with van der Waals surface area (Å²) in [6.45, 7) is 4.08. The summed E-state index contributed by atoms with van der Waals surface area (Å²) in [5.74, 6) is 0.853. The number of nitrogens with two attached hydrogens (primary N) is 1. The van der Waals surface area contributed by atoms with Gasteiger partial charge in [-0.1, -0.05) is 13.8 Å². The minimum absolute atomic E-state index is 0.252. The number of nitrogen functional groups attached to an aromatic ring is 1. The van der Waals surface area contributed by atoms with Gasteiger partial charge in [-0.05, 0) is 18.1 Å². The molecule has 1 aromatic carbocycles. The van der Waals surface area contributed by atoms with Crippen LogP contribution in [0.3, 0.4) is 0 Å². The SMILES string of the molecule is COc1ccc2[nH]c(C(C)C)c(C#N)c2c1N. The number of nitrogens with zero attached hydrogens (tertiary/aromatic N) is 1. The van der Waals surface area contributed by atoms with Crippen LogP contribution in [0.25, 0.3) is 10.9 Å². The van der Waals surface area contributed by atoms with Crippen molar-refractivity contribution in [2.75, 3.05) is 12.8 Å². The molecule has 0 amide bonds. The van der Waals surface area contributed by atoms with Crippen LogP contribution in [-0.4, -0.2) is 12.1 Å². The molecule has 0 saturated heterocycles. The van der Waals surface area contributed by atoms with E-state index in [9.17, 15) is 5.26 Å². The Morgan fingerprint density at radius 1 is 1.41 bits per heavy atom. The Bertz CT molecular complexity index is 605. The van der Waals surface area contributed by atoms with Crippen molar-refractivity contribution in [3.05, 3.63) is 23.4 Å². The van der Waals surface area contributed by atoms with E-state index in [1.54, 1.807) is 13.2 Å². The average Bonchev–Trinajstić information content (AvgIpc) is 2.69. The topological polar surface area (TPSA) is 74.8 Å². The maximum Gasteiger partial charge on any atom is 0.142 e. The Hall–Kier alpha value is -2.15. The summed E-state index contributed by atoms with van der Waals surface area (Å²) in [5, 5.41) is 10.0. The molecule has 88 valence electrons. The van der Waals surface area contributed by atoms with E-state index in [0.717, 1.165) is 16.6 Å². The zero-order valence-electron chi connectivity index (χ0n) is 10.2. The van der Waals surface area contributed by atoms with Gasteiger partial charge in [0.2, 0.25) is 0 Å². The number of anilines is 1. The number of nitrogens with one attached hydrogen (secondary N) is 1. The molecule has 4 heteroatoms. The fourth-order valence-corrected chi connectivity index (χ4v) is 2.04. The van der Waals surface area contributed by atoms with E-state index in [1.165, 1.54) is 0 Å². The first-order valence-electron chi connectivity index (χ1n) is 5.48. The van der Waals surface area contributed by atoms with Gasteiger partial charge >= 0.3 is 0 Å². The number of benzene rings is 1. The minimum atomic E-state index is 0.252. The van der Waals surface area contributed by atoms with E-state index in [2.05, 4.69) is 11.1 Å². The first-order valence-corrected chi connectivity index (χ1v) is 5.48. The average molecular weight is 229 g/mol. The lowest BCUT2D eigenvalue weighted by molar-refractivity contribution is 0.417. The molecule has 0 fully saturated rings. The summed E-state index contributed by atoms with van der Waals surface area (Å²) in [6, 6.07) is 5.92. The molecule has 2 rings (SSSR count). The molecule has 0 bridgehead atoms. The highest BCUT2D eigenvalue weighted by Gasteiger charge is 2.17. The molecule has 0 aliphatic rings. The molecule has 0 unspecified atom stereocenters. The van der Waals surface area contributed by atoms with Gasteiger partial charge in [0.1, 0.15) is 11.8 Å². The smallest absolute Gasteiger partial charge is 0.142 e. The lowest BCUT2D eigenvalue weighted by Gasteiger charge is -2.05. The Labute approximate surface area is 100.0 Å². The highest BCUT2D eigenvalue weighted by molar-refractivity contribution is 5.99. The van der Waals surface area contributed by atoms with Crippen molar-refractivity contribution in [2.45, 2.75) is 19.8 Å². The molecule has 0 aliphatic heterocycles. The van der Waals surface area contributed by atoms with Crippen LogP contribution in [0.4, 0.5) is 5.69 Å². The van der Waals surface area contributed by atoms with Crippen molar-refractivity contribution < 1.29 is 4.74 Å². The monoisotopic (exact) mass is 229 g/mol. The molecule has 2 aromatic rings. The zero-order valence-corrected chi connectivity index (χ0v) is 10.2. The normalized spacial score (nSPS) is 10.8. The highest BCUT2D eigenvalue weighted by Crippen LogP contribution is 2.35. The summed E-state index contributed by atoms with van der Waals surface area (Å²) in [4.78, 5) is 3.25. The van der Waals surface area contributed by atoms with Gasteiger partial charge in [0.05, 0.1) is 18.4 Å². The summed E-state index contributed by atoms with van der Waals surface area (Å²) in [7, 11) is 1.57. The number of aromatic amines is 1. The predicted molar refractivity (Wildman–Crippen MR) is 68.1 cm³/mol. The summed E-state index contributed by atoms with van der Waals surface area (Å²) in [6.07, 6.45) is 0. The summed E-state index contributed by atoms with van der Waals surface area (Å²) in [5.41, 5.74) is 8.96. The van der Waals surface area contributed by atoms with Gasteiger partial charge in [0.25, 0.3) is 0 Å². The minimum Gasteiger partial charge on any atom is -0.495 e. The largest absolute Gasteiger partial charge is 0.495 e. The number of methoxy groups -OCH3 is 1. The van der Waals surface area contributed by atoms with Gasteiger partial charge < -0.3 is 15.5 Å². The molecule has 4 nitrogen and oxygen atoms in total. The summed E-state index contributed by atoms with van der Waals surface area (Å²) < 4.78 is 5.17. The number of ether oxygens (including phenoxy) is 1. The van der Waals surface area contributed by atoms with Gasteiger partial charge in [0, 0.05) is 16.6 Å². The van der Waals surface area contributed by atoms with E-state index in [0.29, 0.717) is 17.0 Å². The van der Waals surface area contributed by atoms with E-state index in [-0.39, 0.29) is 5.92 Å². The van der Waals surface area contributed by atoms with Crippen LogP contribution in [0, 0.1) is 11.3 Å². The predicted octanol–water partition coefficient (Wildman–Crippen LogP) is 2.75. The van der Waals surface area contributed by atoms with E-state index in [4.69, 9.17) is 10.5 Å². The maximum absolute atomic E-state index is 9.28. The third-order valence-corrected chi connectivity index (χ3v) is 2.90. The van der Waals surface area contributed by atoms with Crippen molar-refractivity contribution in [1.82, 2.24) is 4.98 Å². The van der Waals surface area contributed by atoms with Crippen LogP contribution in [0.5, 0.6) is 5.75 Å². The molecular formula is C13H15N3O. The molecule has 0 atom stereocenters. The van der Waals surface area contributed by atoms with Gasteiger partial charge in [-0.3, -0.25) is 0 Å². The van der Waals surface area contributed by atoms with Gasteiger partial charge in [-0.25, -0.2) is 0 Å². The Balaban J connectivity index is 2.86. The lowest BCUT2D eigenvalue weighted by Crippen LogP contribution is -1.94. The van der Waals surface area contributed by atoms with Crippen molar-refractivity contribution in [3.8, 4) is 11.8 Å². The highest BCUT2D eigenvalue weighted by atomic mass is 16.5. The van der Waals surface area contributed by atoms with Crippen LogP contribution in [0.1, 0.15) is 31.0 Å². The molecule has 0 aliphatic carbocycles. The Morgan fingerprint density at radius 2 is 2.12 bits per heavy atom. The molecule has 0 spiro atoms. The molecule has 0 radical (unpaired) electrons. The number of hydrogen-bond donors (Lipinski definition) is 2. The number of rotatable bonds is 2. The van der Waals surface area contributed by atoms with E-state index >= 15 is 0 Å². The number of nitriles is 1. The zero-order chi connectivity index (χ0) is 12.6. The van der Waals surface area contributed by atoms with Crippen molar-refractivity contribution in [3.63, 3.8) is 0 Å². The van der Waals surface area contributed by atoms with Gasteiger partial charge in [0.15, 0.2) is 0 Å². The Kier molecular flexibility index (Phi) is 2.68. The number of H-pyrrole nitrogens is 1. The number of hydrogen-bond acceptors (Lipinski definition) is 3. The van der Waals surface area contributed by atoms with Gasteiger partial charge in [-0.15, -0.1) is 0 Å². The molecular weight excluding hydrogens is 214 g/mol. The van der Waals surface area contributed by atoms with E-state index < -0.39 is 0 Å². The molecule has 0 saturated carbocycles. The third kappa shape index (κ3) is 1.60. The number of fused-ring (bicyclic) bond motifs is 1. The lowest BCUT2D eigenvalue weighted by atomic mass is 10.0. The van der Waals surface area contributed by atoms with Crippen molar-refractivity contribution >= 4 is 16.6 Å². The number of aromatic nitrogens is 1. The molecule has 1 heterocycles. The third-order valence-electron chi connectivity index (χ3n) is 2.90.